The first-order valence-electron chi connectivity index (χ1n) is 5.69. The Morgan fingerprint density at radius 3 is 2.79 bits per heavy atom. The van der Waals surface area contributed by atoms with Crippen LogP contribution in [0.5, 0.6) is 0 Å². The molecule has 0 radical (unpaired) electrons. The number of nitro benzene ring substituents is 1. The zero-order valence-electron chi connectivity index (χ0n) is 10.5. The van der Waals surface area contributed by atoms with Crippen LogP contribution in [-0.4, -0.2) is 15.3 Å². The first-order chi connectivity index (χ1) is 8.90. The molecule has 1 unspecified atom stereocenters. The third kappa shape index (κ3) is 2.40. The molecule has 1 atom stereocenters. The molecule has 0 aliphatic rings. The van der Waals surface area contributed by atoms with E-state index in [9.17, 15) is 19.7 Å². The van der Waals surface area contributed by atoms with Crippen LogP contribution >= 0.6 is 0 Å². The summed E-state index contributed by atoms with van der Waals surface area (Å²) in [6, 6.07) is 3.52. The number of non-ortho nitro benzene ring substituents is 1. The fourth-order valence-electron chi connectivity index (χ4n) is 2.06. The van der Waals surface area contributed by atoms with E-state index in [1.54, 1.807) is 6.92 Å². The van der Waals surface area contributed by atoms with Crippen molar-refractivity contribution in [2.45, 2.75) is 26.3 Å². The summed E-state index contributed by atoms with van der Waals surface area (Å²) in [4.78, 5) is 33.1. The standard InChI is InChI=1S/C12H12N2O5/c1-7(5-8(2)15)13-10-6-9(14(17)18)3-4-11(10)19-12(13)16/h3-4,6-7H,5H2,1-2H3. The molecule has 0 amide bonds. The van der Waals surface area contributed by atoms with Gasteiger partial charge in [0, 0.05) is 24.6 Å². The maximum atomic E-state index is 11.8. The van der Waals surface area contributed by atoms with E-state index in [2.05, 4.69) is 0 Å². The number of hydrogen-bond acceptors (Lipinski definition) is 5. The SMILES string of the molecule is CC(=O)CC(C)n1c(=O)oc2ccc([N+](=O)[O-])cc21. The summed E-state index contributed by atoms with van der Waals surface area (Å²) in [5.74, 6) is -0.691. The van der Waals surface area contributed by atoms with Gasteiger partial charge in [-0.3, -0.25) is 19.5 Å². The van der Waals surface area contributed by atoms with Crippen LogP contribution < -0.4 is 5.76 Å². The van der Waals surface area contributed by atoms with Crippen molar-refractivity contribution in [1.29, 1.82) is 0 Å². The van der Waals surface area contributed by atoms with Gasteiger partial charge in [0.2, 0.25) is 0 Å². The van der Waals surface area contributed by atoms with E-state index in [1.165, 1.54) is 29.7 Å². The third-order valence-electron chi connectivity index (χ3n) is 2.83. The Hall–Kier alpha value is -2.44. The second kappa shape index (κ2) is 4.68. The second-order valence-corrected chi connectivity index (χ2v) is 4.40. The molecule has 7 nitrogen and oxygen atoms in total. The van der Waals surface area contributed by atoms with Crippen molar-refractivity contribution in [2.24, 2.45) is 0 Å². The van der Waals surface area contributed by atoms with Crippen molar-refractivity contribution in [3.8, 4) is 0 Å². The number of carbonyl (C=O) groups excluding carboxylic acids is 1. The van der Waals surface area contributed by atoms with Crippen LogP contribution in [0.3, 0.4) is 0 Å². The molecule has 0 bridgehead atoms. The van der Waals surface area contributed by atoms with Gasteiger partial charge < -0.3 is 4.42 Å². The predicted molar refractivity (Wildman–Crippen MR) is 67.1 cm³/mol. The lowest BCUT2D eigenvalue weighted by Gasteiger charge is -2.10. The van der Waals surface area contributed by atoms with Crippen LogP contribution in [0, 0.1) is 10.1 Å². The minimum Gasteiger partial charge on any atom is -0.408 e. The van der Waals surface area contributed by atoms with Crippen molar-refractivity contribution in [2.75, 3.05) is 0 Å². The zero-order valence-corrected chi connectivity index (χ0v) is 10.5. The second-order valence-electron chi connectivity index (χ2n) is 4.40. The van der Waals surface area contributed by atoms with Crippen molar-refractivity contribution < 1.29 is 14.1 Å². The molecule has 0 aliphatic carbocycles. The number of ketones is 1. The number of rotatable bonds is 4. The highest BCUT2D eigenvalue weighted by Gasteiger charge is 2.18. The minimum atomic E-state index is -0.621. The topological polar surface area (TPSA) is 95.3 Å². The summed E-state index contributed by atoms with van der Waals surface area (Å²) in [6.45, 7) is 3.11. The monoisotopic (exact) mass is 264 g/mol. The summed E-state index contributed by atoms with van der Waals surface area (Å²) < 4.78 is 6.28. The van der Waals surface area contributed by atoms with Crippen LogP contribution in [0.25, 0.3) is 11.1 Å². The number of oxazole rings is 1. The Labute approximate surface area is 107 Å². The van der Waals surface area contributed by atoms with Crippen LogP contribution in [0.15, 0.2) is 27.4 Å². The maximum absolute atomic E-state index is 11.8. The molecular weight excluding hydrogens is 252 g/mol. The highest BCUT2D eigenvalue weighted by molar-refractivity contribution is 5.78. The van der Waals surface area contributed by atoms with Gasteiger partial charge in [-0.05, 0) is 19.9 Å². The van der Waals surface area contributed by atoms with Gasteiger partial charge >= 0.3 is 5.76 Å². The smallest absolute Gasteiger partial charge is 0.408 e. The molecule has 100 valence electrons. The molecule has 2 rings (SSSR count). The summed E-state index contributed by atoms with van der Waals surface area (Å²) in [7, 11) is 0. The minimum absolute atomic E-state index is 0.0702. The van der Waals surface area contributed by atoms with Gasteiger partial charge in [0.15, 0.2) is 5.58 Å². The number of benzene rings is 1. The predicted octanol–water partition coefficient (Wildman–Crippen LogP) is 2.04. The van der Waals surface area contributed by atoms with Crippen LogP contribution in [-0.2, 0) is 4.79 Å². The zero-order chi connectivity index (χ0) is 14.2. The van der Waals surface area contributed by atoms with Gasteiger partial charge in [-0.2, -0.15) is 0 Å². The van der Waals surface area contributed by atoms with Gasteiger partial charge in [-0.15, -0.1) is 0 Å². The summed E-state index contributed by atoms with van der Waals surface area (Å²) in [6.07, 6.45) is 0.164. The quantitative estimate of drug-likeness (QED) is 0.622. The number of fused-ring (bicyclic) bond motifs is 1. The molecule has 0 saturated carbocycles. The molecule has 19 heavy (non-hydrogen) atoms. The Kier molecular flexibility index (Phi) is 3.20. The Balaban J connectivity index is 2.62. The molecule has 2 aromatic rings. The third-order valence-corrected chi connectivity index (χ3v) is 2.83. The van der Waals surface area contributed by atoms with E-state index in [0.717, 1.165) is 0 Å². The molecule has 1 aromatic carbocycles. The van der Waals surface area contributed by atoms with Crippen LogP contribution in [0.4, 0.5) is 5.69 Å². The maximum Gasteiger partial charge on any atom is 0.420 e. The lowest BCUT2D eigenvalue weighted by atomic mass is 10.1. The fraction of sp³-hybridized carbons (Fsp3) is 0.333. The molecule has 7 heteroatoms. The van der Waals surface area contributed by atoms with E-state index in [4.69, 9.17) is 4.42 Å². The first kappa shape index (κ1) is 13.0. The number of Topliss-reactive ketones (excluding diaryl/α,β-unsaturated/α-hetero) is 1. The van der Waals surface area contributed by atoms with Gasteiger partial charge in [-0.1, -0.05) is 0 Å². The van der Waals surface area contributed by atoms with Crippen molar-refractivity contribution in [3.63, 3.8) is 0 Å². The van der Waals surface area contributed by atoms with E-state index in [1.807, 2.05) is 0 Å². The highest BCUT2D eigenvalue weighted by Crippen LogP contribution is 2.23. The summed E-state index contributed by atoms with van der Waals surface area (Å²) >= 11 is 0. The Morgan fingerprint density at radius 1 is 1.53 bits per heavy atom. The molecule has 0 spiro atoms. The largest absolute Gasteiger partial charge is 0.420 e. The van der Waals surface area contributed by atoms with Crippen LogP contribution in [0.2, 0.25) is 0 Å². The van der Waals surface area contributed by atoms with Crippen molar-refractivity contribution in [1.82, 2.24) is 4.57 Å². The van der Waals surface area contributed by atoms with Crippen molar-refractivity contribution in [3.05, 3.63) is 38.9 Å². The molecule has 0 saturated heterocycles. The molecule has 0 aliphatic heterocycles. The summed E-state index contributed by atoms with van der Waals surface area (Å²) in [5.41, 5.74) is 0.469. The Morgan fingerprint density at radius 2 is 2.21 bits per heavy atom. The molecule has 0 N–H and O–H groups in total. The lowest BCUT2D eigenvalue weighted by Crippen LogP contribution is -2.20. The molecule has 0 fully saturated rings. The van der Waals surface area contributed by atoms with Gasteiger partial charge in [0.05, 0.1) is 10.4 Å². The van der Waals surface area contributed by atoms with Crippen molar-refractivity contribution >= 4 is 22.6 Å². The molecule has 1 aromatic heterocycles. The van der Waals surface area contributed by atoms with E-state index in [0.29, 0.717) is 5.52 Å². The average Bonchev–Trinajstić information content (AvgIpc) is 2.62. The van der Waals surface area contributed by atoms with E-state index >= 15 is 0 Å². The molecule has 1 heterocycles. The van der Waals surface area contributed by atoms with E-state index in [-0.39, 0.29) is 23.5 Å². The number of carbonyl (C=O) groups is 1. The Bertz CT molecular complexity index is 712. The van der Waals surface area contributed by atoms with Crippen LogP contribution in [0.1, 0.15) is 26.3 Å². The summed E-state index contributed by atoms with van der Waals surface area (Å²) in [5, 5.41) is 10.7. The molecular formula is C12H12N2O5. The van der Waals surface area contributed by atoms with Gasteiger partial charge in [0.25, 0.3) is 5.69 Å². The number of hydrogen-bond donors (Lipinski definition) is 0. The fourth-order valence-corrected chi connectivity index (χ4v) is 2.06. The van der Waals surface area contributed by atoms with Gasteiger partial charge in [0.1, 0.15) is 5.78 Å². The first-order valence-corrected chi connectivity index (χ1v) is 5.69. The normalized spacial score (nSPS) is 12.5. The van der Waals surface area contributed by atoms with Gasteiger partial charge in [-0.25, -0.2) is 4.79 Å². The average molecular weight is 264 g/mol. The van der Waals surface area contributed by atoms with E-state index < -0.39 is 16.7 Å². The number of nitrogens with zero attached hydrogens (tertiary/aromatic N) is 2. The number of aromatic nitrogens is 1. The highest BCUT2D eigenvalue weighted by atomic mass is 16.6. The number of nitro groups is 1. The lowest BCUT2D eigenvalue weighted by molar-refractivity contribution is -0.384.